The Bertz CT molecular complexity index is 1240. The Labute approximate surface area is 193 Å². The number of hydrogen-bond donors (Lipinski definition) is 2. The van der Waals surface area contributed by atoms with Gasteiger partial charge in [-0.3, -0.25) is 9.59 Å². The third-order valence-corrected chi connectivity index (χ3v) is 6.23. The highest BCUT2D eigenvalue weighted by Gasteiger charge is 2.46. The number of aryl methyl sites for hydroxylation is 3. The van der Waals surface area contributed by atoms with Crippen molar-refractivity contribution in [2.75, 3.05) is 0 Å². The number of ketones is 1. The van der Waals surface area contributed by atoms with Crippen LogP contribution in [0.3, 0.4) is 0 Å². The number of hydrogen-bond acceptors (Lipinski definition) is 4. The summed E-state index contributed by atoms with van der Waals surface area (Å²) >= 11 is 0. The maximum atomic E-state index is 13.2. The fourth-order valence-electron chi connectivity index (χ4n) is 4.25. The molecule has 0 bridgehead atoms. The number of aliphatic hydroxyl groups excluding tert-OH is 1. The van der Waals surface area contributed by atoms with Gasteiger partial charge < -0.3 is 15.1 Å². The lowest BCUT2D eigenvalue weighted by atomic mass is 9.94. The van der Waals surface area contributed by atoms with Gasteiger partial charge in [-0.15, -0.1) is 0 Å². The van der Waals surface area contributed by atoms with Crippen molar-refractivity contribution >= 4 is 17.4 Å². The zero-order valence-corrected chi connectivity index (χ0v) is 19.0. The van der Waals surface area contributed by atoms with Gasteiger partial charge in [0.1, 0.15) is 11.5 Å². The van der Waals surface area contributed by atoms with Crippen LogP contribution < -0.4 is 0 Å². The van der Waals surface area contributed by atoms with Crippen molar-refractivity contribution in [2.24, 2.45) is 0 Å². The molecule has 0 radical (unpaired) electrons. The molecule has 1 amide bonds. The van der Waals surface area contributed by atoms with E-state index in [1.807, 2.05) is 51.1 Å². The summed E-state index contributed by atoms with van der Waals surface area (Å²) in [6.07, 6.45) is 0.856. The third-order valence-electron chi connectivity index (χ3n) is 6.23. The quantitative estimate of drug-likeness (QED) is 0.324. The summed E-state index contributed by atoms with van der Waals surface area (Å²) in [5.41, 5.74) is 5.31. The number of carbonyl (C=O) groups is 2. The van der Waals surface area contributed by atoms with Crippen molar-refractivity contribution < 1.29 is 19.8 Å². The first-order valence-electron chi connectivity index (χ1n) is 11.0. The van der Waals surface area contributed by atoms with Gasteiger partial charge >= 0.3 is 0 Å². The number of Topliss-reactive ketones (excluding diaryl/α,β-unsaturated/α-hetero) is 1. The van der Waals surface area contributed by atoms with Gasteiger partial charge in [0.2, 0.25) is 0 Å². The second kappa shape index (κ2) is 8.94. The van der Waals surface area contributed by atoms with Crippen LogP contribution in [0.2, 0.25) is 0 Å². The van der Waals surface area contributed by atoms with E-state index in [9.17, 15) is 19.8 Å². The molecule has 3 aromatic carbocycles. The van der Waals surface area contributed by atoms with Crippen LogP contribution in [0, 0.1) is 13.8 Å². The summed E-state index contributed by atoms with van der Waals surface area (Å²) in [5.74, 6) is -1.48. The standard InChI is InChI=1S/C28H27NO4/c1-4-19-7-9-21(10-8-19)26(31)24-25(20-11-13-23(30)14-12-20)29(28(33)27(24)32)16-22-15-17(2)5-6-18(22)3/h5-15,25,30-31H,4,16H2,1-3H3/b26-24+. The molecule has 0 saturated carbocycles. The average Bonchev–Trinajstić information content (AvgIpc) is 3.06. The second-order valence-corrected chi connectivity index (χ2v) is 8.50. The lowest BCUT2D eigenvalue weighted by molar-refractivity contribution is -0.140. The molecule has 33 heavy (non-hydrogen) atoms. The maximum absolute atomic E-state index is 13.2. The van der Waals surface area contributed by atoms with Crippen molar-refractivity contribution in [1.29, 1.82) is 0 Å². The first kappa shape index (κ1) is 22.3. The first-order chi connectivity index (χ1) is 15.8. The third kappa shape index (κ3) is 4.27. The van der Waals surface area contributed by atoms with Gasteiger partial charge in [-0.2, -0.15) is 0 Å². The molecule has 0 aliphatic carbocycles. The van der Waals surface area contributed by atoms with Gasteiger partial charge in [-0.25, -0.2) is 0 Å². The average molecular weight is 442 g/mol. The topological polar surface area (TPSA) is 77.8 Å². The molecule has 0 aromatic heterocycles. The van der Waals surface area contributed by atoms with E-state index in [1.165, 1.54) is 17.0 Å². The van der Waals surface area contributed by atoms with Crippen LogP contribution >= 0.6 is 0 Å². The van der Waals surface area contributed by atoms with E-state index in [2.05, 4.69) is 0 Å². The van der Waals surface area contributed by atoms with E-state index in [4.69, 9.17) is 0 Å². The number of rotatable bonds is 5. The molecule has 5 nitrogen and oxygen atoms in total. The number of likely N-dealkylation sites (tertiary alicyclic amines) is 1. The molecule has 0 spiro atoms. The fraction of sp³-hybridized carbons (Fsp3) is 0.214. The summed E-state index contributed by atoms with van der Waals surface area (Å²) in [5, 5.41) is 20.9. The van der Waals surface area contributed by atoms with E-state index >= 15 is 0 Å². The molecule has 3 aromatic rings. The van der Waals surface area contributed by atoms with E-state index < -0.39 is 17.7 Å². The van der Waals surface area contributed by atoms with Crippen LogP contribution in [-0.4, -0.2) is 26.8 Å². The highest BCUT2D eigenvalue weighted by Crippen LogP contribution is 2.41. The predicted octanol–water partition coefficient (Wildman–Crippen LogP) is 5.19. The van der Waals surface area contributed by atoms with Gasteiger partial charge in [0, 0.05) is 12.1 Å². The van der Waals surface area contributed by atoms with E-state index in [1.54, 1.807) is 24.3 Å². The van der Waals surface area contributed by atoms with Crippen LogP contribution in [0.4, 0.5) is 0 Å². The smallest absolute Gasteiger partial charge is 0.295 e. The van der Waals surface area contributed by atoms with E-state index in [-0.39, 0.29) is 23.6 Å². The second-order valence-electron chi connectivity index (χ2n) is 8.50. The molecule has 1 atom stereocenters. The highest BCUT2D eigenvalue weighted by atomic mass is 16.3. The number of aromatic hydroxyl groups is 1. The Morgan fingerprint density at radius 3 is 2.24 bits per heavy atom. The van der Waals surface area contributed by atoms with E-state index in [0.29, 0.717) is 11.1 Å². The Kier molecular flexibility index (Phi) is 6.05. The molecule has 4 rings (SSSR count). The minimum absolute atomic E-state index is 0.0558. The summed E-state index contributed by atoms with van der Waals surface area (Å²) in [6.45, 7) is 6.22. The minimum Gasteiger partial charge on any atom is -0.508 e. The van der Waals surface area contributed by atoms with Crippen molar-refractivity contribution in [3.8, 4) is 5.75 Å². The van der Waals surface area contributed by atoms with Gasteiger partial charge in [-0.1, -0.05) is 67.1 Å². The molecule has 1 aliphatic rings. The molecule has 1 saturated heterocycles. The Morgan fingerprint density at radius 2 is 1.61 bits per heavy atom. The van der Waals surface area contributed by atoms with E-state index in [0.717, 1.165) is 28.7 Å². The lowest BCUT2D eigenvalue weighted by Crippen LogP contribution is -2.29. The summed E-state index contributed by atoms with van der Waals surface area (Å²) in [6, 6.07) is 18.9. The number of aliphatic hydroxyl groups is 1. The highest BCUT2D eigenvalue weighted by molar-refractivity contribution is 6.46. The van der Waals surface area contributed by atoms with Crippen molar-refractivity contribution in [3.05, 3.63) is 106 Å². The molecular formula is C28H27NO4. The number of phenols is 1. The minimum atomic E-state index is -0.767. The molecule has 168 valence electrons. The molecule has 1 aliphatic heterocycles. The number of benzene rings is 3. The largest absolute Gasteiger partial charge is 0.508 e. The Balaban J connectivity index is 1.86. The number of amides is 1. The summed E-state index contributed by atoms with van der Waals surface area (Å²) in [7, 11) is 0. The van der Waals surface area contributed by atoms with Crippen molar-refractivity contribution in [2.45, 2.75) is 39.8 Å². The molecule has 1 heterocycles. The number of nitrogens with zero attached hydrogens (tertiary/aromatic N) is 1. The SMILES string of the molecule is CCc1ccc(/C(O)=C2\C(=O)C(=O)N(Cc3cc(C)ccc3C)C2c2ccc(O)cc2)cc1. The lowest BCUT2D eigenvalue weighted by Gasteiger charge is -2.26. The van der Waals surface area contributed by atoms with Crippen LogP contribution in [0.15, 0.2) is 72.3 Å². The Morgan fingerprint density at radius 1 is 0.939 bits per heavy atom. The summed E-state index contributed by atoms with van der Waals surface area (Å²) < 4.78 is 0. The van der Waals surface area contributed by atoms with Gasteiger partial charge in [-0.05, 0) is 54.7 Å². The zero-order chi connectivity index (χ0) is 23.7. The molecule has 1 fully saturated rings. The van der Waals surface area contributed by atoms with Gasteiger partial charge in [0.25, 0.3) is 11.7 Å². The number of phenolic OH excluding ortho intramolecular Hbond substituents is 1. The number of carbonyl (C=O) groups excluding carboxylic acids is 2. The van der Waals surface area contributed by atoms with Crippen LogP contribution in [0.1, 0.15) is 46.3 Å². The van der Waals surface area contributed by atoms with Crippen molar-refractivity contribution in [1.82, 2.24) is 4.90 Å². The maximum Gasteiger partial charge on any atom is 0.295 e. The predicted molar refractivity (Wildman–Crippen MR) is 128 cm³/mol. The first-order valence-corrected chi connectivity index (χ1v) is 11.0. The monoisotopic (exact) mass is 441 g/mol. The van der Waals surface area contributed by atoms with Crippen molar-refractivity contribution in [3.63, 3.8) is 0 Å². The van der Waals surface area contributed by atoms with Gasteiger partial charge in [0.15, 0.2) is 0 Å². The Hall–Kier alpha value is -3.86. The molecule has 1 unspecified atom stereocenters. The zero-order valence-electron chi connectivity index (χ0n) is 19.0. The van der Waals surface area contributed by atoms with Crippen LogP contribution in [0.25, 0.3) is 5.76 Å². The normalized spacial score (nSPS) is 17.5. The fourth-order valence-corrected chi connectivity index (χ4v) is 4.25. The summed E-state index contributed by atoms with van der Waals surface area (Å²) in [4.78, 5) is 27.9. The van der Waals surface area contributed by atoms with Gasteiger partial charge in [0.05, 0.1) is 11.6 Å². The van der Waals surface area contributed by atoms with Crippen LogP contribution in [-0.2, 0) is 22.6 Å². The molecule has 2 N–H and O–H groups in total. The van der Waals surface area contributed by atoms with Crippen LogP contribution in [0.5, 0.6) is 5.75 Å². The molecule has 5 heteroatoms. The molecular weight excluding hydrogens is 414 g/mol.